The highest BCUT2D eigenvalue weighted by molar-refractivity contribution is 7.12. The van der Waals surface area contributed by atoms with E-state index in [1.165, 1.54) is 28.2 Å². The van der Waals surface area contributed by atoms with Gasteiger partial charge in [-0.15, -0.1) is 11.3 Å². The maximum absolute atomic E-state index is 6.02. The number of hydrogen-bond donors (Lipinski definition) is 1. The lowest BCUT2D eigenvalue weighted by molar-refractivity contribution is 0.333. The van der Waals surface area contributed by atoms with E-state index in [1.54, 1.807) is 0 Å². The Morgan fingerprint density at radius 3 is 2.82 bits per heavy atom. The van der Waals surface area contributed by atoms with E-state index in [0.29, 0.717) is 6.04 Å². The summed E-state index contributed by atoms with van der Waals surface area (Å²) in [5.41, 5.74) is 7.45. The molecule has 0 bridgehead atoms. The summed E-state index contributed by atoms with van der Waals surface area (Å²) in [5, 5.41) is 0. The predicted molar refractivity (Wildman–Crippen MR) is 72.5 cm³/mol. The van der Waals surface area contributed by atoms with Crippen LogP contribution in [0.1, 0.15) is 34.2 Å². The molecule has 3 nitrogen and oxygen atoms in total. The Kier molecular flexibility index (Phi) is 2.62. The van der Waals surface area contributed by atoms with Gasteiger partial charge in [-0.1, -0.05) is 0 Å². The van der Waals surface area contributed by atoms with Crippen molar-refractivity contribution in [1.29, 1.82) is 0 Å². The van der Waals surface area contributed by atoms with Gasteiger partial charge in [0, 0.05) is 16.3 Å². The fourth-order valence-corrected chi connectivity index (χ4v) is 3.56. The lowest BCUT2D eigenvalue weighted by Gasteiger charge is -2.26. The van der Waals surface area contributed by atoms with Crippen molar-refractivity contribution in [3.05, 3.63) is 21.4 Å². The quantitative estimate of drug-likeness (QED) is 0.894. The van der Waals surface area contributed by atoms with Crippen molar-refractivity contribution < 1.29 is 0 Å². The van der Waals surface area contributed by atoms with E-state index < -0.39 is 0 Å². The Hall–Kier alpha value is -1.03. The van der Waals surface area contributed by atoms with E-state index in [1.807, 2.05) is 11.3 Å². The number of aryl methyl sites for hydroxylation is 2. The number of aliphatic imine (C=N–C) groups is 1. The highest BCUT2D eigenvalue weighted by Gasteiger charge is 2.34. The predicted octanol–water partition coefficient (Wildman–Crippen LogP) is 2.45. The van der Waals surface area contributed by atoms with Gasteiger partial charge in [0.1, 0.15) is 0 Å². The molecule has 0 spiro atoms. The van der Waals surface area contributed by atoms with Gasteiger partial charge in [-0.2, -0.15) is 0 Å². The lowest BCUT2D eigenvalue weighted by atomic mass is 10.1. The van der Waals surface area contributed by atoms with E-state index >= 15 is 0 Å². The largest absolute Gasteiger partial charge is 0.370 e. The summed E-state index contributed by atoms with van der Waals surface area (Å²) in [5.74, 6) is 1.59. The van der Waals surface area contributed by atoms with Crippen LogP contribution in [0, 0.1) is 19.8 Å². The highest BCUT2D eigenvalue weighted by atomic mass is 32.1. The molecular weight excluding hydrogens is 230 g/mol. The molecule has 1 atom stereocenters. The van der Waals surface area contributed by atoms with Gasteiger partial charge in [-0.05, 0) is 44.2 Å². The third kappa shape index (κ3) is 2.06. The molecule has 1 unspecified atom stereocenters. The Morgan fingerprint density at radius 2 is 2.24 bits per heavy atom. The van der Waals surface area contributed by atoms with Crippen LogP contribution in [0.15, 0.2) is 11.1 Å². The number of thiophene rings is 1. The van der Waals surface area contributed by atoms with Gasteiger partial charge in [-0.3, -0.25) is 4.99 Å². The van der Waals surface area contributed by atoms with Crippen molar-refractivity contribution in [2.75, 3.05) is 13.1 Å². The second kappa shape index (κ2) is 4.02. The van der Waals surface area contributed by atoms with Crippen LogP contribution in [0.2, 0.25) is 0 Å². The molecule has 4 heteroatoms. The molecule has 17 heavy (non-hydrogen) atoms. The zero-order chi connectivity index (χ0) is 12.0. The van der Waals surface area contributed by atoms with Gasteiger partial charge in [0.15, 0.2) is 5.96 Å². The van der Waals surface area contributed by atoms with Gasteiger partial charge >= 0.3 is 0 Å². The van der Waals surface area contributed by atoms with E-state index in [0.717, 1.165) is 25.0 Å². The van der Waals surface area contributed by atoms with Crippen molar-refractivity contribution in [3.63, 3.8) is 0 Å². The molecule has 92 valence electrons. The molecular formula is C13H19N3S. The lowest BCUT2D eigenvalue weighted by Crippen LogP contribution is -2.37. The Labute approximate surface area is 106 Å². The smallest absolute Gasteiger partial charge is 0.191 e. The third-order valence-corrected chi connectivity index (χ3v) is 4.67. The molecule has 1 saturated carbocycles. The first-order valence-corrected chi connectivity index (χ1v) is 7.10. The Bertz CT molecular complexity index is 459. The van der Waals surface area contributed by atoms with E-state index in [-0.39, 0.29) is 0 Å². The second-order valence-electron chi connectivity index (χ2n) is 5.18. The molecule has 0 aromatic carbocycles. The molecule has 1 aromatic rings. The minimum atomic E-state index is 0.389. The zero-order valence-electron chi connectivity index (χ0n) is 10.4. The number of nitrogens with two attached hydrogens (primary N) is 1. The van der Waals surface area contributed by atoms with Gasteiger partial charge in [0.2, 0.25) is 0 Å². The summed E-state index contributed by atoms with van der Waals surface area (Å²) >= 11 is 1.88. The van der Waals surface area contributed by atoms with Crippen LogP contribution >= 0.6 is 11.3 Å². The van der Waals surface area contributed by atoms with Gasteiger partial charge < -0.3 is 10.6 Å². The normalized spacial score (nSPS) is 24.2. The van der Waals surface area contributed by atoms with Crippen LogP contribution in [-0.4, -0.2) is 23.9 Å². The summed E-state index contributed by atoms with van der Waals surface area (Å²) < 4.78 is 0. The summed E-state index contributed by atoms with van der Waals surface area (Å²) in [6.45, 7) is 6.30. The first-order valence-electron chi connectivity index (χ1n) is 6.28. The van der Waals surface area contributed by atoms with Crippen LogP contribution in [0.4, 0.5) is 0 Å². The summed E-state index contributed by atoms with van der Waals surface area (Å²) in [6, 6.07) is 2.69. The van der Waals surface area contributed by atoms with Crippen molar-refractivity contribution in [1.82, 2.24) is 4.90 Å². The minimum absolute atomic E-state index is 0.389. The van der Waals surface area contributed by atoms with Crippen molar-refractivity contribution >= 4 is 17.3 Å². The topological polar surface area (TPSA) is 41.6 Å². The maximum atomic E-state index is 6.02. The number of hydrogen-bond acceptors (Lipinski definition) is 4. The molecule has 0 saturated heterocycles. The van der Waals surface area contributed by atoms with Crippen molar-refractivity contribution in [2.24, 2.45) is 16.6 Å². The molecule has 1 aromatic heterocycles. The van der Waals surface area contributed by atoms with Gasteiger partial charge in [-0.25, -0.2) is 0 Å². The SMILES string of the molecule is Cc1cc(C2CN=C(N)N2CC2CC2)c(C)s1. The highest BCUT2D eigenvalue weighted by Crippen LogP contribution is 2.37. The molecule has 2 aliphatic rings. The fourth-order valence-electron chi connectivity index (χ4n) is 2.58. The summed E-state index contributed by atoms with van der Waals surface area (Å²) in [7, 11) is 0. The number of guanidine groups is 1. The molecule has 1 aliphatic heterocycles. The van der Waals surface area contributed by atoms with Gasteiger partial charge in [0.25, 0.3) is 0 Å². The van der Waals surface area contributed by atoms with E-state index in [9.17, 15) is 0 Å². The standard InChI is InChI=1S/C13H19N3S/c1-8-5-11(9(2)17-8)12-6-15-13(14)16(12)7-10-3-4-10/h5,10,12H,3-4,6-7H2,1-2H3,(H2,14,15). The average molecular weight is 249 g/mol. The Morgan fingerprint density at radius 1 is 1.47 bits per heavy atom. The van der Waals surface area contributed by atoms with E-state index in [2.05, 4.69) is 29.8 Å². The Balaban J connectivity index is 1.84. The fraction of sp³-hybridized carbons (Fsp3) is 0.615. The molecule has 2 N–H and O–H groups in total. The van der Waals surface area contributed by atoms with E-state index in [4.69, 9.17) is 5.73 Å². The molecule has 2 heterocycles. The molecule has 3 rings (SSSR count). The monoisotopic (exact) mass is 249 g/mol. The van der Waals surface area contributed by atoms with Crippen molar-refractivity contribution in [2.45, 2.75) is 32.7 Å². The molecule has 0 amide bonds. The third-order valence-electron chi connectivity index (χ3n) is 3.69. The molecule has 1 aliphatic carbocycles. The molecule has 0 radical (unpaired) electrons. The van der Waals surface area contributed by atoms with Crippen LogP contribution in [-0.2, 0) is 0 Å². The van der Waals surface area contributed by atoms with Crippen LogP contribution in [0.25, 0.3) is 0 Å². The zero-order valence-corrected chi connectivity index (χ0v) is 11.3. The van der Waals surface area contributed by atoms with Crippen LogP contribution < -0.4 is 5.73 Å². The summed E-state index contributed by atoms with van der Waals surface area (Å²) in [6.07, 6.45) is 2.72. The first-order chi connectivity index (χ1) is 8.15. The van der Waals surface area contributed by atoms with Gasteiger partial charge in [0.05, 0.1) is 12.6 Å². The minimum Gasteiger partial charge on any atom is -0.370 e. The summed E-state index contributed by atoms with van der Waals surface area (Å²) in [4.78, 5) is 9.54. The first kappa shape index (κ1) is 11.1. The second-order valence-corrected chi connectivity index (χ2v) is 6.64. The van der Waals surface area contributed by atoms with Crippen molar-refractivity contribution in [3.8, 4) is 0 Å². The van der Waals surface area contributed by atoms with Crippen LogP contribution in [0.5, 0.6) is 0 Å². The number of nitrogens with zero attached hydrogens (tertiary/aromatic N) is 2. The number of rotatable bonds is 3. The molecule has 1 fully saturated rings. The maximum Gasteiger partial charge on any atom is 0.191 e. The average Bonchev–Trinajstić information content (AvgIpc) is 2.94. The van der Waals surface area contributed by atoms with Crippen LogP contribution in [0.3, 0.4) is 0 Å².